The molecule has 2 saturated heterocycles. The number of carbonyl (C=O) groups excluding carboxylic acids is 1. The zero-order chi connectivity index (χ0) is 35.0. The first-order chi connectivity index (χ1) is 24.0. The summed E-state index contributed by atoms with van der Waals surface area (Å²) in [7, 11) is -3.95. The number of rotatable bonds is 2. The molecule has 0 spiro atoms. The van der Waals surface area contributed by atoms with E-state index in [-0.39, 0.29) is 35.5 Å². The highest BCUT2D eigenvalue weighted by Crippen LogP contribution is 2.47. The van der Waals surface area contributed by atoms with Gasteiger partial charge in [0.2, 0.25) is 10.0 Å². The molecule has 2 bridgehead atoms. The number of hydrogen-bond acceptors (Lipinski definition) is 9. The number of likely N-dealkylation sites (tertiary alicyclic amines) is 1. The zero-order valence-electron chi connectivity index (χ0n) is 29.4. The number of fused-ring (bicyclic) bond motifs is 4. The number of ether oxygens (including phenoxy) is 2. The lowest BCUT2D eigenvalue weighted by Crippen LogP contribution is -2.56. The summed E-state index contributed by atoms with van der Waals surface area (Å²) in [4.78, 5) is 18.2. The highest BCUT2D eigenvalue weighted by Gasteiger charge is 2.49. The molecule has 3 N–H and O–H groups in total. The first-order valence-corrected chi connectivity index (χ1v) is 20.6. The number of morpholine rings is 1. The molecule has 2 aromatic carbocycles. The lowest BCUT2D eigenvalue weighted by molar-refractivity contribution is -0.104. The first kappa shape index (κ1) is 36.0. The first-order valence-electron chi connectivity index (χ1n) is 18.6. The van der Waals surface area contributed by atoms with E-state index < -0.39 is 26.8 Å². The van der Waals surface area contributed by atoms with Crippen molar-refractivity contribution in [3.05, 3.63) is 58.1 Å². The van der Waals surface area contributed by atoms with Crippen LogP contribution >= 0.6 is 11.6 Å². The van der Waals surface area contributed by atoms with E-state index >= 15 is 0 Å². The Labute approximate surface area is 302 Å². The monoisotopic (exact) mass is 728 g/mol. The Morgan fingerprint density at radius 2 is 1.88 bits per heavy atom. The Hall–Kier alpha value is -2.41. The van der Waals surface area contributed by atoms with Gasteiger partial charge in [-0.2, -0.15) is 0 Å². The lowest BCUT2D eigenvalue weighted by Gasteiger charge is -2.50. The van der Waals surface area contributed by atoms with Crippen LogP contribution in [0.3, 0.4) is 0 Å². The number of benzene rings is 2. The maximum Gasteiger partial charge on any atom is 0.264 e. The highest BCUT2D eigenvalue weighted by atomic mass is 35.5. The molecule has 0 radical (unpaired) electrons. The van der Waals surface area contributed by atoms with Crippen LogP contribution in [0.1, 0.15) is 80.3 Å². The van der Waals surface area contributed by atoms with Crippen molar-refractivity contribution in [2.75, 3.05) is 50.8 Å². The number of sulfonamides is 1. The number of hydrogen-bond donors (Lipinski definition) is 3. The molecule has 7 rings (SSSR count). The van der Waals surface area contributed by atoms with Gasteiger partial charge in [0.15, 0.2) is 0 Å². The van der Waals surface area contributed by atoms with Gasteiger partial charge in [-0.15, -0.1) is 0 Å². The van der Waals surface area contributed by atoms with Gasteiger partial charge in [-0.3, -0.25) is 9.69 Å². The summed E-state index contributed by atoms with van der Waals surface area (Å²) in [5.74, 6) is 0.178. The molecule has 1 aliphatic carbocycles. The van der Waals surface area contributed by atoms with E-state index in [0.717, 1.165) is 76.1 Å². The quantitative estimate of drug-likeness (QED) is 0.402. The van der Waals surface area contributed by atoms with Crippen LogP contribution in [0, 0.1) is 17.8 Å². The summed E-state index contributed by atoms with van der Waals surface area (Å²) in [6.07, 6.45) is 6.81. The fraction of sp³-hybridized carbons (Fsp3) is 0.658. The Balaban J connectivity index is 1.23. The second kappa shape index (κ2) is 14.9. The standard InChI is InChI=1S/C38H53ClN4O6S/c1-25-6-5-14-38(45,24-42-21-33-36(22-42)48-17-15-40-33)32-12-9-29(32)20-43-16-4-3-7-27-18-31(39)11-8-30(27)23-49-35-13-10-28(19-34(35)43)37(44)41-50(46,47)26(25)2/h8,10-11,13,18-19,25-26,29,32-33,36,40,45H,3-7,9,12,14-17,20-24H2,1-2H3,(H,41,44)/t25-,26+,29-,32+,33-,36-,38-/m0/s1. The second-order valence-corrected chi connectivity index (χ2v) is 18.0. The third-order valence-electron chi connectivity index (χ3n) is 12.3. The smallest absolute Gasteiger partial charge is 0.264 e. The molecule has 5 aliphatic rings. The predicted octanol–water partition coefficient (Wildman–Crippen LogP) is 4.76. The van der Waals surface area contributed by atoms with Crippen molar-refractivity contribution in [3.8, 4) is 5.75 Å². The van der Waals surface area contributed by atoms with Crippen molar-refractivity contribution >= 4 is 33.2 Å². The van der Waals surface area contributed by atoms with E-state index in [4.69, 9.17) is 21.1 Å². The van der Waals surface area contributed by atoms with Gasteiger partial charge < -0.3 is 24.8 Å². The lowest BCUT2D eigenvalue weighted by atomic mass is 9.62. The van der Waals surface area contributed by atoms with Gasteiger partial charge in [0.25, 0.3) is 5.91 Å². The summed E-state index contributed by atoms with van der Waals surface area (Å²) in [6, 6.07) is 11.4. The maximum absolute atomic E-state index is 13.5. The van der Waals surface area contributed by atoms with Crippen LogP contribution in [0.25, 0.3) is 0 Å². The molecular formula is C38H53ClN4O6S. The van der Waals surface area contributed by atoms with Crippen molar-refractivity contribution < 1.29 is 27.8 Å². The average molecular weight is 729 g/mol. The van der Waals surface area contributed by atoms with E-state index in [1.54, 1.807) is 25.1 Å². The summed E-state index contributed by atoms with van der Waals surface area (Å²) in [5, 5.41) is 16.3. The molecule has 10 nitrogen and oxygen atoms in total. The maximum atomic E-state index is 13.5. The molecule has 1 amide bonds. The molecule has 0 aromatic heterocycles. The van der Waals surface area contributed by atoms with Crippen LogP contribution in [-0.2, 0) is 27.8 Å². The minimum atomic E-state index is -3.95. The van der Waals surface area contributed by atoms with Gasteiger partial charge in [0, 0.05) is 55.9 Å². The highest BCUT2D eigenvalue weighted by molar-refractivity contribution is 7.90. The number of anilines is 1. The number of halogens is 1. The Morgan fingerprint density at radius 3 is 2.68 bits per heavy atom. The van der Waals surface area contributed by atoms with Gasteiger partial charge in [0.1, 0.15) is 12.4 Å². The molecular weight excluding hydrogens is 676 g/mol. The molecule has 50 heavy (non-hydrogen) atoms. The van der Waals surface area contributed by atoms with Gasteiger partial charge in [0.05, 0.1) is 29.2 Å². The number of nitrogens with zero attached hydrogens (tertiary/aromatic N) is 2. The van der Waals surface area contributed by atoms with Crippen molar-refractivity contribution in [2.24, 2.45) is 17.8 Å². The van der Waals surface area contributed by atoms with Crippen molar-refractivity contribution in [1.82, 2.24) is 14.9 Å². The number of nitrogens with one attached hydrogen (secondary N) is 2. The fourth-order valence-corrected chi connectivity index (χ4v) is 10.5. The summed E-state index contributed by atoms with van der Waals surface area (Å²) in [6.45, 7) is 9.21. The predicted molar refractivity (Wildman–Crippen MR) is 195 cm³/mol. The number of aliphatic hydroxyl groups is 1. The van der Waals surface area contributed by atoms with Crippen molar-refractivity contribution in [3.63, 3.8) is 0 Å². The summed E-state index contributed by atoms with van der Waals surface area (Å²) < 4.78 is 42.0. The molecule has 1 saturated carbocycles. The molecule has 2 aromatic rings. The van der Waals surface area contributed by atoms with Crippen LogP contribution < -0.4 is 19.7 Å². The molecule has 12 heteroatoms. The van der Waals surface area contributed by atoms with Crippen LogP contribution in [0.5, 0.6) is 5.75 Å². The van der Waals surface area contributed by atoms with E-state index in [2.05, 4.69) is 19.8 Å². The molecule has 4 aliphatic heterocycles. The largest absolute Gasteiger partial charge is 0.487 e. The van der Waals surface area contributed by atoms with Crippen LogP contribution in [0.4, 0.5) is 5.69 Å². The Bertz CT molecular complexity index is 1650. The van der Waals surface area contributed by atoms with E-state index in [0.29, 0.717) is 49.8 Å². The average Bonchev–Trinajstić information content (AvgIpc) is 3.46. The Kier molecular flexibility index (Phi) is 10.7. The third-order valence-corrected chi connectivity index (χ3v) is 14.4. The molecule has 0 unspecified atom stereocenters. The number of aryl methyl sites for hydroxylation is 1. The van der Waals surface area contributed by atoms with Crippen LogP contribution in [0.15, 0.2) is 36.4 Å². The fourth-order valence-electron chi connectivity index (χ4n) is 8.98. The molecule has 4 heterocycles. The molecule has 3 fully saturated rings. The third kappa shape index (κ3) is 7.69. The second-order valence-electron chi connectivity index (χ2n) is 15.5. The number of β-amino-alcohol motifs (C(OH)–C–C–N with tert-alkyl or cyclic N) is 1. The molecule has 7 atom stereocenters. The van der Waals surface area contributed by atoms with E-state index in [1.165, 1.54) is 5.56 Å². The SMILES string of the molecule is C[C@@H]1[C@@H](C)CCC[C@](O)(CN2C[C@@H]3NCCO[C@H]3C2)[C@@H]2CC[C@H]2CN2CCCCc3cc(Cl)ccc3COc3ccc(cc32)C(=O)NS1(=O)=O. The topological polar surface area (TPSA) is 120 Å². The van der Waals surface area contributed by atoms with Gasteiger partial charge >= 0.3 is 0 Å². The van der Waals surface area contributed by atoms with Crippen LogP contribution in [-0.4, -0.2) is 93.2 Å². The minimum Gasteiger partial charge on any atom is -0.487 e. The van der Waals surface area contributed by atoms with Crippen LogP contribution in [0.2, 0.25) is 5.02 Å². The normalized spacial score (nSPS) is 33.8. The number of carbonyl (C=O) groups is 1. The van der Waals surface area contributed by atoms with E-state index in [9.17, 15) is 18.3 Å². The van der Waals surface area contributed by atoms with E-state index in [1.807, 2.05) is 25.1 Å². The molecule has 274 valence electrons. The zero-order valence-corrected chi connectivity index (χ0v) is 31.0. The minimum absolute atomic E-state index is 0.101. The van der Waals surface area contributed by atoms with Gasteiger partial charge in [-0.25, -0.2) is 13.1 Å². The van der Waals surface area contributed by atoms with Gasteiger partial charge in [-0.05, 0) is 111 Å². The van der Waals surface area contributed by atoms with Crippen molar-refractivity contribution in [2.45, 2.75) is 94.8 Å². The summed E-state index contributed by atoms with van der Waals surface area (Å²) >= 11 is 6.38. The summed E-state index contributed by atoms with van der Waals surface area (Å²) in [5.41, 5.74) is 2.39. The van der Waals surface area contributed by atoms with Gasteiger partial charge in [-0.1, -0.05) is 31.0 Å². The van der Waals surface area contributed by atoms with Crippen molar-refractivity contribution in [1.29, 1.82) is 0 Å². The number of amides is 1. The Morgan fingerprint density at radius 1 is 1.02 bits per heavy atom.